The molecule has 0 heterocycles. The number of nitrogens with zero attached hydrogens (tertiary/aromatic N) is 1. The van der Waals surface area contributed by atoms with E-state index in [4.69, 9.17) is 16.7 Å². The Morgan fingerprint density at radius 1 is 1.24 bits per heavy atom. The molecule has 102 valence electrons. The molecule has 0 rings (SSSR count). The van der Waals surface area contributed by atoms with Gasteiger partial charge in [0.2, 0.25) is 0 Å². The van der Waals surface area contributed by atoms with Crippen LogP contribution in [0.2, 0.25) is 0 Å². The fourth-order valence-electron chi connectivity index (χ4n) is 1.38. The van der Waals surface area contributed by atoms with Gasteiger partial charge in [0, 0.05) is 19.0 Å². The van der Waals surface area contributed by atoms with Gasteiger partial charge < -0.3 is 25.2 Å². The number of carbonyl (C=O) groups excluding carboxylic acids is 1. The molecule has 0 saturated heterocycles. The lowest BCUT2D eigenvalue weighted by atomic mass is 10.0. The second-order valence-electron chi connectivity index (χ2n) is 3.76. The van der Waals surface area contributed by atoms with Gasteiger partial charge in [0.05, 0.1) is 6.10 Å². The molecule has 0 aliphatic rings. The largest absolute Gasteiger partial charge is 0.389 e. The first-order valence-electron chi connectivity index (χ1n) is 5.43. The van der Waals surface area contributed by atoms with Crippen molar-refractivity contribution in [3.63, 3.8) is 0 Å². The summed E-state index contributed by atoms with van der Waals surface area (Å²) in [6, 6.07) is 0. The minimum Gasteiger partial charge on any atom is -0.389 e. The quantitative estimate of drug-likeness (QED) is 0.291. The van der Waals surface area contributed by atoms with Gasteiger partial charge in [-0.25, -0.2) is 0 Å². The van der Waals surface area contributed by atoms with Crippen molar-refractivity contribution in [1.29, 1.82) is 0 Å². The molecular weight excluding hydrogens is 250 g/mol. The first kappa shape index (κ1) is 16.8. The summed E-state index contributed by atoms with van der Waals surface area (Å²) in [6.07, 6.45) is -6.14. The van der Waals surface area contributed by atoms with E-state index in [2.05, 4.69) is 0 Å². The number of aldehydes is 1. The molecular formula is C10H20ClNO5. The second kappa shape index (κ2) is 8.79. The number of aliphatic hydroxyl groups excluding tert-OH is 4. The van der Waals surface area contributed by atoms with Crippen LogP contribution in [0.15, 0.2) is 0 Å². The van der Waals surface area contributed by atoms with Crippen LogP contribution in [0.25, 0.3) is 0 Å². The van der Waals surface area contributed by atoms with Crippen molar-refractivity contribution in [2.24, 2.45) is 0 Å². The Balaban J connectivity index is 4.28. The first-order chi connectivity index (χ1) is 7.97. The van der Waals surface area contributed by atoms with E-state index in [1.807, 2.05) is 6.92 Å². The van der Waals surface area contributed by atoms with Crippen molar-refractivity contribution >= 4 is 17.9 Å². The zero-order valence-corrected chi connectivity index (χ0v) is 10.5. The van der Waals surface area contributed by atoms with Crippen molar-refractivity contribution < 1.29 is 25.2 Å². The Morgan fingerprint density at radius 3 is 2.24 bits per heavy atom. The molecule has 4 N–H and O–H groups in total. The molecule has 0 aliphatic heterocycles. The lowest BCUT2D eigenvalue weighted by Gasteiger charge is -2.28. The number of alkyl halides is 1. The summed E-state index contributed by atoms with van der Waals surface area (Å²) < 4.78 is 0. The smallest absolute Gasteiger partial charge is 0.151 e. The predicted molar refractivity (Wildman–Crippen MR) is 62.9 cm³/mol. The third-order valence-electron chi connectivity index (χ3n) is 2.53. The number of hydrogen-bond acceptors (Lipinski definition) is 6. The van der Waals surface area contributed by atoms with Crippen LogP contribution in [-0.2, 0) is 4.79 Å². The number of likely N-dealkylation sites (N-methyl/N-ethyl adjacent to an activating group) is 1. The van der Waals surface area contributed by atoms with Gasteiger partial charge >= 0.3 is 0 Å². The summed E-state index contributed by atoms with van der Waals surface area (Å²) in [6.45, 7) is 3.13. The summed E-state index contributed by atoms with van der Waals surface area (Å²) in [5, 5.41) is 37.5. The van der Waals surface area contributed by atoms with Gasteiger partial charge in [-0.1, -0.05) is 6.92 Å². The monoisotopic (exact) mass is 269 g/mol. The highest BCUT2D eigenvalue weighted by atomic mass is 35.5. The van der Waals surface area contributed by atoms with Gasteiger partial charge in [-0.05, 0) is 6.54 Å². The van der Waals surface area contributed by atoms with Crippen LogP contribution < -0.4 is 0 Å². The minimum absolute atomic E-state index is 0.104. The maximum Gasteiger partial charge on any atom is 0.151 e. The van der Waals surface area contributed by atoms with Crippen LogP contribution in [0.1, 0.15) is 6.92 Å². The zero-order chi connectivity index (χ0) is 13.4. The molecule has 0 radical (unpaired) electrons. The summed E-state index contributed by atoms with van der Waals surface area (Å²) in [5.74, 6) is 0.385. The molecule has 0 saturated carbocycles. The third kappa shape index (κ3) is 5.76. The molecule has 4 atom stereocenters. The van der Waals surface area contributed by atoms with E-state index in [1.165, 1.54) is 0 Å². The standard InChI is InChI=1S/C10H20ClNO5/c1-2-12(4-3-11)5-7(14)9(16)10(17)8(15)6-13/h6-10,14-17H,2-5H2,1H3/t7-,8+,9-,10-/m1/s1. The van der Waals surface area contributed by atoms with E-state index in [1.54, 1.807) is 4.90 Å². The van der Waals surface area contributed by atoms with E-state index in [0.717, 1.165) is 0 Å². The highest BCUT2D eigenvalue weighted by Gasteiger charge is 2.30. The van der Waals surface area contributed by atoms with E-state index < -0.39 is 24.4 Å². The second-order valence-corrected chi connectivity index (χ2v) is 4.14. The van der Waals surface area contributed by atoms with Gasteiger partial charge in [0.15, 0.2) is 6.29 Å². The van der Waals surface area contributed by atoms with E-state index >= 15 is 0 Å². The number of rotatable bonds is 9. The number of hydrogen-bond donors (Lipinski definition) is 4. The lowest BCUT2D eigenvalue weighted by Crippen LogP contribution is -2.49. The maximum absolute atomic E-state index is 10.2. The maximum atomic E-state index is 10.2. The minimum atomic E-state index is -1.71. The Kier molecular flexibility index (Phi) is 8.67. The Labute approximate surface area is 105 Å². The van der Waals surface area contributed by atoms with Crippen molar-refractivity contribution in [2.75, 3.05) is 25.5 Å². The molecule has 0 unspecified atom stereocenters. The Bertz CT molecular complexity index is 219. The SMILES string of the molecule is CCN(CCCl)C[C@@H](O)[C@@H](O)[C@H](O)[C@@H](O)C=O. The van der Waals surface area contributed by atoms with Crippen molar-refractivity contribution in [3.05, 3.63) is 0 Å². The molecule has 17 heavy (non-hydrogen) atoms. The van der Waals surface area contributed by atoms with Crippen LogP contribution in [0.4, 0.5) is 0 Å². The van der Waals surface area contributed by atoms with Gasteiger partial charge in [-0.2, -0.15) is 0 Å². The van der Waals surface area contributed by atoms with Crippen molar-refractivity contribution in [1.82, 2.24) is 4.90 Å². The van der Waals surface area contributed by atoms with E-state index in [-0.39, 0.29) is 12.8 Å². The van der Waals surface area contributed by atoms with Gasteiger partial charge in [-0.3, -0.25) is 4.90 Å². The van der Waals surface area contributed by atoms with Crippen LogP contribution in [0.5, 0.6) is 0 Å². The van der Waals surface area contributed by atoms with Gasteiger partial charge in [-0.15, -0.1) is 11.6 Å². The normalized spacial score (nSPS) is 18.8. The summed E-state index contributed by atoms with van der Waals surface area (Å²) >= 11 is 5.55. The molecule has 0 aromatic rings. The molecule has 0 amide bonds. The summed E-state index contributed by atoms with van der Waals surface area (Å²) in [7, 11) is 0. The number of carbonyl (C=O) groups is 1. The fraction of sp³-hybridized carbons (Fsp3) is 0.900. The zero-order valence-electron chi connectivity index (χ0n) is 9.74. The number of halogens is 1. The highest BCUT2D eigenvalue weighted by Crippen LogP contribution is 2.06. The Hall–Kier alpha value is -0.240. The van der Waals surface area contributed by atoms with E-state index in [9.17, 15) is 20.1 Å². The molecule has 6 nitrogen and oxygen atoms in total. The molecule has 0 bridgehead atoms. The van der Waals surface area contributed by atoms with Crippen LogP contribution in [0, 0.1) is 0 Å². The highest BCUT2D eigenvalue weighted by molar-refractivity contribution is 6.18. The number of aliphatic hydroxyl groups is 4. The predicted octanol–water partition coefficient (Wildman–Crippen LogP) is -1.81. The molecule has 0 fully saturated rings. The average molecular weight is 270 g/mol. The van der Waals surface area contributed by atoms with Crippen LogP contribution in [0.3, 0.4) is 0 Å². The van der Waals surface area contributed by atoms with Gasteiger partial charge in [0.1, 0.15) is 18.3 Å². The molecule has 7 heteroatoms. The average Bonchev–Trinajstić information content (AvgIpc) is 2.35. The van der Waals surface area contributed by atoms with Crippen molar-refractivity contribution in [2.45, 2.75) is 31.3 Å². The third-order valence-corrected chi connectivity index (χ3v) is 2.70. The fourth-order valence-corrected chi connectivity index (χ4v) is 1.62. The topological polar surface area (TPSA) is 101 Å². The lowest BCUT2D eigenvalue weighted by molar-refractivity contribution is -0.134. The van der Waals surface area contributed by atoms with Crippen LogP contribution >= 0.6 is 11.6 Å². The molecule has 0 aromatic heterocycles. The first-order valence-corrected chi connectivity index (χ1v) is 5.97. The van der Waals surface area contributed by atoms with Gasteiger partial charge in [0.25, 0.3) is 0 Å². The summed E-state index contributed by atoms with van der Waals surface area (Å²) in [4.78, 5) is 12.0. The van der Waals surface area contributed by atoms with E-state index in [0.29, 0.717) is 19.0 Å². The molecule has 0 aliphatic carbocycles. The molecule has 0 spiro atoms. The van der Waals surface area contributed by atoms with Crippen LogP contribution in [-0.4, -0.2) is 81.5 Å². The molecule has 0 aromatic carbocycles. The van der Waals surface area contributed by atoms with Crippen molar-refractivity contribution in [3.8, 4) is 0 Å². The Morgan fingerprint density at radius 2 is 1.82 bits per heavy atom. The summed E-state index contributed by atoms with van der Waals surface area (Å²) in [5.41, 5.74) is 0.